The normalized spacial score (nSPS) is 14.4. The third-order valence-corrected chi connectivity index (χ3v) is 4.49. The summed E-state index contributed by atoms with van der Waals surface area (Å²) in [4.78, 5) is 36.6. The van der Waals surface area contributed by atoms with Crippen LogP contribution in [-0.4, -0.2) is 40.1 Å². The van der Waals surface area contributed by atoms with Gasteiger partial charge in [0.25, 0.3) is 11.8 Å². The average Bonchev–Trinajstić information content (AvgIpc) is 2.77. The maximum absolute atomic E-state index is 12.6. The molecule has 4 N–H and O–H groups in total. The van der Waals surface area contributed by atoms with Crippen molar-refractivity contribution in [1.82, 2.24) is 10.6 Å². The summed E-state index contributed by atoms with van der Waals surface area (Å²) < 4.78 is 0. The third-order valence-electron chi connectivity index (χ3n) is 4.49. The molecule has 156 valence electrons. The molecule has 8 heteroatoms. The standard InChI is InChI=1S/C22H23N3O5/c1-14(13-23)12-17(22(29)30)24-21(28)19(26)18(15-8-4-2-5-9-15)25-20(27)16-10-6-3-7-11-16/h2-11,14,17-19,26H,12H2,1H3,(H,24,28)(H,25,27)(H,29,30)/t14-,17-,18-,19+/m0/s1. The molecule has 0 bridgehead atoms. The zero-order valence-electron chi connectivity index (χ0n) is 16.4. The maximum Gasteiger partial charge on any atom is 0.326 e. The van der Waals surface area contributed by atoms with Gasteiger partial charge in [0, 0.05) is 11.5 Å². The molecule has 0 radical (unpaired) electrons. The summed E-state index contributed by atoms with van der Waals surface area (Å²) in [5, 5.41) is 33.8. The number of nitrogens with one attached hydrogen (secondary N) is 2. The number of benzene rings is 2. The summed E-state index contributed by atoms with van der Waals surface area (Å²) in [6.07, 6.45) is -1.87. The van der Waals surface area contributed by atoms with Gasteiger partial charge in [-0.3, -0.25) is 9.59 Å². The van der Waals surface area contributed by atoms with Gasteiger partial charge in [0.05, 0.1) is 12.1 Å². The Hall–Kier alpha value is -3.70. The molecular weight excluding hydrogens is 386 g/mol. The Labute approximate surface area is 174 Å². The molecule has 0 aliphatic carbocycles. The van der Waals surface area contributed by atoms with Crippen molar-refractivity contribution in [2.75, 3.05) is 0 Å². The Morgan fingerprint density at radius 2 is 1.57 bits per heavy atom. The van der Waals surface area contributed by atoms with Crippen molar-refractivity contribution in [2.24, 2.45) is 5.92 Å². The lowest BCUT2D eigenvalue weighted by Gasteiger charge is -2.25. The van der Waals surface area contributed by atoms with Gasteiger partial charge in [-0.25, -0.2) is 4.79 Å². The van der Waals surface area contributed by atoms with Gasteiger partial charge in [0.15, 0.2) is 6.10 Å². The van der Waals surface area contributed by atoms with Crippen LogP contribution in [0.2, 0.25) is 0 Å². The molecule has 2 rings (SSSR count). The van der Waals surface area contributed by atoms with Gasteiger partial charge in [-0.1, -0.05) is 48.5 Å². The number of rotatable bonds is 9. The number of aliphatic carboxylic acids is 1. The molecule has 0 saturated carbocycles. The van der Waals surface area contributed by atoms with Crippen LogP contribution in [0.3, 0.4) is 0 Å². The van der Waals surface area contributed by atoms with Crippen molar-refractivity contribution in [3.05, 3.63) is 71.8 Å². The van der Waals surface area contributed by atoms with Crippen LogP contribution in [0.4, 0.5) is 0 Å². The molecule has 0 spiro atoms. The van der Waals surface area contributed by atoms with Crippen molar-refractivity contribution in [3.63, 3.8) is 0 Å². The highest BCUT2D eigenvalue weighted by Crippen LogP contribution is 2.19. The number of hydrogen-bond donors (Lipinski definition) is 4. The number of aliphatic hydroxyl groups excluding tert-OH is 1. The van der Waals surface area contributed by atoms with E-state index < -0.39 is 41.9 Å². The van der Waals surface area contributed by atoms with E-state index in [1.807, 2.05) is 6.07 Å². The number of carbonyl (C=O) groups is 3. The van der Waals surface area contributed by atoms with E-state index in [9.17, 15) is 24.6 Å². The van der Waals surface area contributed by atoms with Crippen molar-refractivity contribution in [2.45, 2.75) is 31.5 Å². The van der Waals surface area contributed by atoms with Gasteiger partial charge in [0.1, 0.15) is 6.04 Å². The lowest BCUT2D eigenvalue weighted by atomic mass is 9.98. The van der Waals surface area contributed by atoms with E-state index in [0.717, 1.165) is 0 Å². The van der Waals surface area contributed by atoms with Gasteiger partial charge in [0.2, 0.25) is 0 Å². The van der Waals surface area contributed by atoms with Crippen LogP contribution in [0.25, 0.3) is 0 Å². The molecule has 0 aliphatic heterocycles. The largest absolute Gasteiger partial charge is 0.480 e. The van der Waals surface area contributed by atoms with E-state index >= 15 is 0 Å². The second kappa shape index (κ2) is 10.7. The van der Waals surface area contributed by atoms with Crippen LogP contribution in [0.5, 0.6) is 0 Å². The molecule has 4 atom stereocenters. The van der Waals surface area contributed by atoms with E-state index in [4.69, 9.17) is 5.26 Å². The number of amides is 2. The van der Waals surface area contributed by atoms with E-state index in [-0.39, 0.29) is 6.42 Å². The smallest absolute Gasteiger partial charge is 0.326 e. The fourth-order valence-corrected chi connectivity index (χ4v) is 2.86. The molecule has 30 heavy (non-hydrogen) atoms. The number of nitrogens with zero attached hydrogens (tertiary/aromatic N) is 1. The number of hydrogen-bond acceptors (Lipinski definition) is 5. The predicted octanol–water partition coefficient (Wildman–Crippen LogP) is 1.64. The highest BCUT2D eigenvalue weighted by atomic mass is 16.4. The minimum Gasteiger partial charge on any atom is -0.480 e. The van der Waals surface area contributed by atoms with E-state index in [1.54, 1.807) is 60.7 Å². The third kappa shape index (κ3) is 6.15. The van der Waals surface area contributed by atoms with Crippen LogP contribution in [-0.2, 0) is 9.59 Å². The number of carboxylic acids is 1. The Bertz CT molecular complexity index is 911. The van der Waals surface area contributed by atoms with Gasteiger partial charge in [-0.05, 0) is 31.0 Å². The molecule has 0 aromatic heterocycles. The lowest BCUT2D eigenvalue weighted by molar-refractivity contribution is -0.144. The molecule has 2 aromatic rings. The predicted molar refractivity (Wildman–Crippen MR) is 108 cm³/mol. The first-order valence-corrected chi connectivity index (χ1v) is 9.35. The van der Waals surface area contributed by atoms with Crippen LogP contribution in [0.1, 0.15) is 35.3 Å². The maximum atomic E-state index is 12.6. The molecule has 0 unspecified atom stereocenters. The Morgan fingerprint density at radius 1 is 1.00 bits per heavy atom. The molecule has 0 aliphatic rings. The summed E-state index contributed by atoms with van der Waals surface area (Å²) in [6.45, 7) is 1.53. The van der Waals surface area contributed by atoms with Gasteiger partial charge >= 0.3 is 5.97 Å². The summed E-state index contributed by atoms with van der Waals surface area (Å²) >= 11 is 0. The van der Waals surface area contributed by atoms with Crippen LogP contribution in [0, 0.1) is 17.2 Å². The molecule has 8 nitrogen and oxygen atoms in total. The first kappa shape index (κ1) is 22.6. The summed E-state index contributed by atoms with van der Waals surface area (Å²) in [5.74, 6) is -3.38. The minimum atomic E-state index is -1.75. The Balaban J connectivity index is 2.22. The molecule has 2 aromatic carbocycles. The van der Waals surface area contributed by atoms with Crippen LogP contribution < -0.4 is 10.6 Å². The fourth-order valence-electron chi connectivity index (χ4n) is 2.86. The van der Waals surface area contributed by atoms with Gasteiger partial charge in [-0.2, -0.15) is 5.26 Å². The Morgan fingerprint density at radius 3 is 2.10 bits per heavy atom. The topological polar surface area (TPSA) is 140 Å². The van der Waals surface area contributed by atoms with E-state index in [1.165, 1.54) is 6.92 Å². The van der Waals surface area contributed by atoms with Gasteiger partial charge < -0.3 is 20.8 Å². The van der Waals surface area contributed by atoms with Crippen LogP contribution in [0.15, 0.2) is 60.7 Å². The zero-order chi connectivity index (χ0) is 22.1. The molecular formula is C22H23N3O5. The summed E-state index contributed by atoms with van der Waals surface area (Å²) in [7, 11) is 0. The van der Waals surface area contributed by atoms with E-state index in [0.29, 0.717) is 11.1 Å². The first-order valence-electron chi connectivity index (χ1n) is 9.35. The van der Waals surface area contributed by atoms with Crippen molar-refractivity contribution < 1.29 is 24.6 Å². The SMILES string of the molecule is C[C@H](C#N)C[C@H](NC(=O)[C@H](O)[C@@H](NC(=O)c1ccccc1)c1ccccc1)C(=O)O. The van der Waals surface area contributed by atoms with Crippen molar-refractivity contribution >= 4 is 17.8 Å². The molecule has 0 heterocycles. The highest BCUT2D eigenvalue weighted by Gasteiger charge is 2.32. The second-order valence-corrected chi connectivity index (χ2v) is 6.84. The lowest BCUT2D eigenvalue weighted by Crippen LogP contribution is -2.50. The van der Waals surface area contributed by atoms with Gasteiger partial charge in [-0.15, -0.1) is 0 Å². The summed E-state index contributed by atoms with van der Waals surface area (Å²) in [5.41, 5.74) is 0.819. The molecule has 0 fully saturated rings. The monoisotopic (exact) mass is 409 g/mol. The quantitative estimate of drug-likeness (QED) is 0.496. The fraction of sp³-hybridized carbons (Fsp3) is 0.273. The number of aliphatic hydroxyl groups is 1. The molecule has 2 amide bonds. The number of nitriles is 1. The van der Waals surface area contributed by atoms with E-state index in [2.05, 4.69) is 10.6 Å². The number of carboxylic acid groups (broad SMARTS) is 1. The van der Waals surface area contributed by atoms with Crippen molar-refractivity contribution in [1.29, 1.82) is 5.26 Å². The summed E-state index contributed by atoms with van der Waals surface area (Å²) in [6, 6.07) is 16.2. The highest BCUT2D eigenvalue weighted by molar-refractivity contribution is 5.95. The zero-order valence-corrected chi connectivity index (χ0v) is 16.4. The first-order chi connectivity index (χ1) is 14.3. The molecule has 0 saturated heterocycles. The van der Waals surface area contributed by atoms with Crippen LogP contribution >= 0.6 is 0 Å². The Kier molecular flexibility index (Phi) is 8.08. The minimum absolute atomic E-state index is 0.114. The number of carbonyl (C=O) groups excluding carboxylic acids is 2. The average molecular weight is 409 g/mol. The van der Waals surface area contributed by atoms with Crippen molar-refractivity contribution in [3.8, 4) is 6.07 Å². The second-order valence-electron chi connectivity index (χ2n) is 6.84.